The number of aryl methyl sites for hydroxylation is 2. The Morgan fingerprint density at radius 3 is 2.04 bits per heavy atom. The first kappa shape index (κ1) is 18.0. The normalized spacial score (nSPS) is 11.2. The zero-order valence-electron chi connectivity index (χ0n) is 14.9. The van der Waals surface area contributed by atoms with Crippen LogP contribution in [0.2, 0.25) is 0 Å². The molecule has 3 aromatic carbocycles. The van der Waals surface area contributed by atoms with E-state index in [4.69, 9.17) is 0 Å². The Labute approximate surface area is 155 Å². The quantitative estimate of drug-likeness (QED) is 0.664. The zero-order valence-corrected chi connectivity index (χ0v) is 15.7. The highest BCUT2D eigenvalue weighted by Gasteiger charge is 2.13. The fourth-order valence-electron chi connectivity index (χ4n) is 2.59. The summed E-state index contributed by atoms with van der Waals surface area (Å²) < 4.78 is 27.4. The minimum Gasteiger partial charge on any atom is -0.381 e. The lowest BCUT2D eigenvalue weighted by Gasteiger charge is -2.11. The van der Waals surface area contributed by atoms with E-state index in [1.165, 1.54) is 11.1 Å². The van der Waals surface area contributed by atoms with Crippen molar-refractivity contribution in [1.82, 2.24) is 0 Å². The van der Waals surface area contributed by atoms with Gasteiger partial charge in [-0.2, -0.15) is 0 Å². The summed E-state index contributed by atoms with van der Waals surface area (Å²) in [6.07, 6.45) is 0. The van der Waals surface area contributed by atoms with E-state index >= 15 is 0 Å². The van der Waals surface area contributed by atoms with E-state index in [1.807, 2.05) is 31.2 Å². The van der Waals surface area contributed by atoms with Crippen LogP contribution in [0.1, 0.15) is 16.7 Å². The summed E-state index contributed by atoms with van der Waals surface area (Å²) in [7, 11) is -3.57. The molecule has 0 aliphatic carbocycles. The Morgan fingerprint density at radius 1 is 0.769 bits per heavy atom. The molecule has 3 rings (SSSR count). The molecule has 0 saturated heterocycles. The van der Waals surface area contributed by atoms with Gasteiger partial charge >= 0.3 is 0 Å². The van der Waals surface area contributed by atoms with Crippen LogP contribution in [-0.2, 0) is 16.6 Å². The van der Waals surface area contributed by atoms with Crippen LogP contribution in [0.15, 0.2) is 77.7 Å². The molecule has 2 N–H and O–H groups in total. The smallest absolute Gasteiger partial charge is 0.261 e. The Hall–Kier alpha value is -2.79. The number of sulfonamides is 1. The number of benzene rings is 3. The molecule has 0 amide bonds. The summed E-state index contributed by atoms with van der Waals surface area (Å²) in [4.78, 5) is 0.254. The first-order valence-corrected chi connectivity index (χ1v) is 9.90. The average molecular weight is 366 g/mol. The van der Waals surface area contributed by atoms with Crippen LogP contribution in [0.5, 0.6) is 0 Å². The highest BCUT2D eigenvalue weighted by Crippen LogP contribution is 2.19. The van der Waals surface area contributed by atoms with Gasteiger partial charge in [0.2, 0.25) is 0 Å². The van der Waals surface area contributed by atoms with E-state index in [1.54, 1.807) is 36.4 Å². The van der Waals surface area contributed by atoms with Crippen LogP contribution in [0.4, 0.5) is 11.4 Å². The number of anilines is 2. The van der Waals surface area contributed by atoms with Crippen molar-refractivity contribution in [2.75, 3.05) is 10.0 Å². The molecule has 0 heterocycles. The molecule has 26 heavy (non-hydrogen) atoms. The third-order valence-corrected chi connectivity index (χ3v) is 5.61. The topological polar surface area (TPSA) is 58.2 Å². The molecule has 0 aromatic heterocycles. The van der Waals surface area contributed by atoms with Gasteiger partial charge in [-0.15, -0.1) is 0 Å². The molecule has 0 atom stereocenters. The highest BCUT2D eigenvalue weighted by atomic mass is 32.2. The van der Waals surface area contributed by atoms with Crippen molar-refractivity contribution in [3.63, 3.8) is 0 Å². The minimum absolute atomic E-state index is 0.254. The lowest BCUT2D eigenvalue weighted by molar-refractivity contribution is 0.601. The van der Waals surface area contributed by atoms with Gasteiger partial charge in [0.1, 0.15) is 0 Å². The fraction of sp³-hybridized carbons (Fsp3) is 0.143. The summed E-state index contributed by atoms with van der Waals surface area (Å²) in [5, 5.41) is 3.35. The van der Waals surface area contributed by atoms with Crippen LogP contribution in [-0.4, -0.2) is 8.42 Å². The van der Waals surface area contributed by atoms with Crippen LogP contribution in [0.25, 0.3) is 0 Å². The minimum atomic E-state index is -3.57. The van der Waals surface area contributed by atoms with E-state index in [2.05, 4.69) is 29.1 Å². The predicted molar refractivity (Wildman–Crippen MR) is 107 cm³/mol. The van der Waals surface area contributed by atoms with Crippen molar-refractivity contribution in [2.24, 2.45) is 0 Å². The molecule has 134 valence electrons. The monoisotopic (exact) mass is 366 g/mol. The van der Waals surface area contributed by atoms with Gasteiger partial charge in [-0.1, -0.05) is 42.0 Å². The summed E-state index contributed by atoms with van der Waals surface area (Å²) in [5.41, 5.74) is 4.96. The van der Waals surface area contributed by atoms with Gasteiger partial charge in [0.05, 0.1) is 4.90 Å². The van der Waals surface area contributed by atoms with Crippen molar-refractivity contribution in [2.45, 2.75) is 25.3 Å². The van der Waals surface area contributed by atoms with E-state index in [0.717, 1.165) is 17.8 Å². The largest absolute Gasteiger partial charge is 0.381 e. The van der Waals surface area contributed by atoms with Crippen molar-refractivity contribution >= 4 is 21.4 Å². The summed E-state index contributed by atoms with van der Waals surface area (Å²) in [6, 6.07) is 22.2. The maximum Gasteiger partial charge on any atom is 0.261 e. The maximum atomic E-state index is 12.4. The van der Waals surface area contributed by atoms with Crippen LogP contribution in [0, 0.1) is 13.8 Å². The van der Waals surface area contributed by atoms with Gasteiger partial charge in [-0.3, -0.25) is 4.72 Å². The molecule has 3 aromatic rings. The molecule has 4 nitrogen and oxygen atoms in total. The van der Waals surface area contributed by atoms with Crippen molar-refractivity contribution in [3.8, 4) is 0 Å². The SMILES string of the molecule is Cc1ccc(S(=O)(=O)Nc2ccc(NCc3ccccc3C)cc2)cc1. The standard InChI is InChI=1S/C21H22N2O2S/c1-16-7-13-21(14-8-16)26(24,25)23-20-11-9-19(10-12-20)22-15-18-6-4-3-5-17(18)2/h3-14,22-23H,15H2,1-2H3. The molecule has 0 aliphatic rings. The van der Waals surface area contributed by atoms with E-state index in [0.29, 0.717) is 5.69 Å². The van der Waals surface area contributed by atoms with Gasteiger partial charge in [0.25, 0.3) is 10.0 Å². The van der Waals surface area contributed by atoms with Crippen LogP contribution < -0.4 is 10.0 Å². The van der Waals surface area contributed by atoms with Gasteiger partial charge in [0.15, 0.2) is 0 Å². The molecule has 5 heteroatoms. The van der Waals surface area contributed by atoms with Gasteiger partial charge < -0.3 is 5.32 Å². The second kappa shape index (κ2) is 7.62. The molecule has 0 saturated carbocycles. The Morgan fingerprint density at radius 2 is 1.38 bits per heavy atom. The highest BCUT2D eigenvalue weighted by molar-refractivity contribution is 7.92. The average Bonchev–Trinajstić information content (AvgIpc) is 2.62. The van der Waals surface area contributed by atoms with Gasteiger partial charge in [0, 0.05) is 17.9 Å². The lowest BCUT2D eigenvalue weighted by Crippen LogP contribution is -2.12. The summed E-state index contributed by atoms with van der Waals surface area (Å²) in [6.45, 7) is 4.73. The van der Waals surface area contributed by atoms with Crippen LogP contribution >= 0.6 is 0 Å². The first-order chi connectivity index (χ1) is 12.4. The lowest BCUT2D eigenvalue weighted by atomic mass is 10.1. The van der Waals surface area contributed by atoms with Crippen molar-refractivity contribution in [1.29, 1.82) is 0 Å². The zero-order chi connectivity index (χ0) is 18.6. The first-order valence-electron chi connectivity index (χ1n) is 8.42. The molecule has 0 unspecified atom stereocenters. The molecule has 0 bridgehead atoms. The molecule has 0 fully saturated rings. The number of hydrogen-bond acceptors (Lipinski definition) is 3. The Balaban J connectivity index is 1.66. The Kier molecular flexibility index (Phi) is 5.28. The second-order valence-corrected chi connectivity index (χ2v) is 7.96. The van der Waals surface area contributed by atoms with E-state index in [-0.39, 0.29) is 4.90 Å². The summed E-state index contributed by atoms with van der Waals surface area (Å²) >= 11 is 0. The van der Waals surface area contributed by atoms with Crippen molar-refractivity contribution < 1.29 is 8.42 Å². The fourth-order valence-corrected chi connectivity index (χ4v) is 3.65. The third kappa shape index (κ3) is 4.43. The number of nitrogens with one attached hydrogen (secondary N) is 2. The van der Waals surface area contributed by atoms with Gasteiger partial charge in [-0.05, 0) is 61.4 Å². The molecule has 0 radical (unpaired) electrons. The second-order valence-electron chi connectivity index (χ2n) is 6.28. The Bertz CT molecular complexity index is 979. The van der Waals surface area contributed by atoms with E-state index in [9.17, 15) is 8.42 Å². The van der Waals surface area contributed by atoms with E-state index < -0.39 is 10.0 Å². The number of hydrogen-bond donors (Lipinski definition) is 2. The number of rotatable bonds is 6. The maximum absolute atomic E-state index is 12.4. The molecule has 0 spiro atoms. The summed E-state index contributed by atoms with van der Waals surface area (Å²) in [5.74, 6) is 0. The van der Waals surface area contributed by atoms with Gasteiger partial charge in [-0.25, -0.2) is 8.42 Å². The van der Waals surface area contributed by atoms with Crippen molar-refractivity contribution in [3.05, 3.63) is 89.5 Å². The molecular weight excluding hydrogens is 344 g/mol. The van der Waals surface area contributed by atoms with Crippen LogP contribution in [0.3, 0.4) is 0 Å². The predicted octanol–water partition coefficient (Wildman–Crippen LogP) is 4.72. The third-order valence-electron chi connectivity index (χ3n) is 4.21. The molecule has 0 aliphatic heterocycles. The molecular formula is C21H22N2O2S.